The summed E-state index contributed by atoms with van der Waals surface area (Å²) in [5.74, 6) is 1.56. The molecule has 7 heteroatoms. The number of pyridine rings is 2. The number of nitrogens with one attached hydrogen (secondary N) is 1. The third kappa shape index (κ3) is 4.13. The van der Waals surface area contributed by atoms with E-state index in [9.17, 15) is 4.79 Å². The van der Waals surface area contributed by atoms with Crippen LogP contribution in [-0.2, 0) is 9.53 Å². The molecule has 1 amide bonds. The van der Waals surface area contributed by atoms with E-state index in [2.05, 4.69) is 21.3 Å². The SMILES string of the molecule is Cc1cnc2cc(N3CCOCC3)nc(OC3CCC(NC=O)CC3)c2c1. The van der Waals surface area contributed by atoms with Gasteiger partial charge in [-0.1, -0.05) is 0 Å². The number of amides is 1. The van der Waals surface area contributed by atoms with Crippen LogP contribution >= 0.6 is 0 Å². The van der Waals surface area contributed by atoms with Crippen LogP contribution in [0.15, 0.2) is 18.3 Å². The highest BCUT2D eigenvalue weighted by molar-refractivity contribution is 5.86. The number of rotatable bonds is 5. The molecule has 2 aliphatic rings. The van der Waals surface area contributed by atoms with Crippen LogP contribution in [0.3, 0.4) is 0 Å². The molecule has 2 fully saturated rings. The molecular formula is C20H26N4O3. The van der Waals surface area contributed by atoms with Crippen molar-refractivity contribution in [3.63, 3.8) is 0 Å². The summed E-state index contributed by atoms with van der Waals surface area (Å²) < 4.78 is 11.8. The van der Waals surface area contributed by atoms with Gasteiger partial charge < -0.3 is 19.7 Å². The normalized spacial score (nSPS) is 23.2. The first-order chi connectivity index (χ1) is 13.2. The van der Waals surface area contributed by atoms with Crippen molar-refractivity contribution in [2.24, 2.45) is 0 Å². The van der Waals surface area contributed by atoms with E-state index in [-0.39, 0.29) is 12.1 Å². The molecule has 0 bridgehead atoms. The van der Waals surface area contributed by atoms with Gasteiger partial charge in [0.2, 0.25) is 12.3 Å². The van der Waals surface area contributed by atoms with Crippen molar-refractivity contribution in [3.05, 3.63) is 23.9 Å². The Morgan fingerprint density at radius 3 is 2.74 bits per heavy atom. The Morgan fingerprint density at radius 1 is 1.22 bits per heavy atom. The van der Waals surface area contributed by atoms with Crippen molar-refractivity contribution in [2.45, 2.75) is 44.8 Å². The highest BCUT2D eigenvalue weighted by Gasteiger charge is 2.24. The molecular weight excluding hydrogens is 344 g/mol. The number of aryl methyl sites for hydroxylation is 1. The van der Waals surface area contributed by atoms with Gasteiger partial charge in [0.05, 0.1) is 24.1 Å². The molecule has 144 valence electrons. The van der Waals surface area contributed by atoms with Crippen molar-refractivity contribution >= 4 is 23.1 Å². The molecule has 27 heavy (non-hydrogen) atoms. The zero-order valence-corrected chi connectivity index (χ0v) is 15.7. The fourth-order valence-electron chi connectivity index (χ4n) is 3.83. The molecule has 0 atom stereocenters. The molecule has 4 rings (SSSR count). The largest absolute Gasteiger partial charge is 0.474 e. The molecule has 0 unspecified atom stereocenters. The molecule has 2 aromatic heterocycles. The Morgan fingerprint density at radius 2 is 2.00 bits per heavy atom. The van der Waals surface area contributed by atoms with Crippen molar-refractivity contribution in [1.29, 1.82) is 0 Å². The van der Waals surface area contributed by atoms with E-state index in [1.807, 2.05) is 19.2 Å². The molecule has 1 saturated carbocycles. The Hall–Kier alpha value is -2.41. The second-order valence-corrected chi connectivity index (χ2v) is 7.34. The number of morpholine rings is 1. The smallest absolute Gasteiger partial charge is 0.225 e. The average Bonchev–Trinajstić information content (AvgIpc) is 2.70. The van der Waals surface area contributed by atoms with Crippen molar-refractivity contribution in [1.82, 2.24) is 15.3 Å². The molecule has 7 nitrogen and oxygen atoms in total. The topological polar surface area (TPSA) is 76.6 Å². The van der Waals surface area contributed by atoms with Crippen molar-refractivity contribution in [2.75, 3.05) is 31.2 Å². The zero-order chi connectivity index (χ0) is 18.6. The fraction of sp³-hybridized carbons (Fsp3) is 0.550. The molecule has 2 aromatic rings. The average molecular weight is 370 g/mol. The lowest BCUT2D eigenvalue weighted by molar-refractivity contribution is -0.110. The van der Waals surface area contributed by atoms with Crippen LogP contribution in [0.1, 0.15) is 31.2 Å². The third-order valence-electron chi connectivity index (χ3n) is 5.36. The van der Waals surface area contributed by atoms with Crippen LogP contribution in [0.4, 0.5) is 5.82 Å². The van der Waals surface area contributed by atoms with Crippen LogP contribution < -0.4 is 15.0 Å². The maximum atomic E-state index is 10.6. The first kappa shape index (κ1) is 18.0. The van der Waals surface area contributed by atoms with Crippen LogP contribution in [-0.4, -0.2) is 54.8 Å². The third-order valence-corrected chi connectivity index (χ3v) is 5.36. The molecule has 1 aliphatic heterocycles. The Labute approximate surface area is 159 Å². The maximum absolute atomic E-state index is 10.6. The minimum absolute atomic E-state index is 0.117. The number of ether oxygens (including phenoxy) is 2. The standard InChI is InChI=1S/C20H26N4O3/c1-14-10-17-18(21-12-14)11-19(24-6-8-26-9-7-24)23-20(17)27-16-4-2-15(3-5-16)22-13-25/h10-13,15-16H,2-9H2,1H3,(H,22,25). The van der Waals surface area contributed by atoms with Crippen molar-refractivity contribution < 1.29 is 14.3 Å². The number of carbonyl (C=O) groups excluding carboxylic acids is 1. The first-order valence-electron chi connectivity index (χ1n) is 9.69. The van der Waals surface area contributed by atoms with Crippen LogP contribution in [0.5, 0.6) is 5.88 Å². The van der Waals surface area contributed by atoms with Gasteiger partial charge in [0, 0.05) is 31.4 Å². The summed E-state index contributed by atoms with van der Waals surface area (Å²) in [6.45, 7) is 5.11. The molecule has 0 spiro atoms. The predicted molar refractivity (Wildman–Crippen MR) is 103 cm³/mol. The van der Waals surface area contributed by atoms with Crippen molar-refractivity contribution in [3.8, 4) is 5.88 Å². The van der Waals surface area contributed by atoms with Crippen LogP contribution in [0, 0.1) is 6.92 Å². The van der Waals surface area contributed by atoms with Gasteiger partial charge in [0.25, 0.3) is 0 Å². The number of anilines is 1. The van der Waals surface area contributed by atoms with Gasteiger partial charge in [-0.05, 0) is 44.2 Å². The molecule has 1 saturated heterocycles. The lowest BCUT2D eigenvalue weighted by Crippen LogP contribution is -2.37. The second-order valence-electron chi connectivity index (χ2n) is 7.34. The first-order valence-corrected chi connectivity index (χ1v) is 9.69. The number of carbonyl (C=O) groups is 1. The van der Waals surface area contributed by atoms with E-state index in [0.717, 1.165) is 67.5 Å². The number of fused-ring (bicyclic) bond motifs is 1. The van der Waals surface area contributed by atoms with Gasteiger partial charge in [-0.15, -0.1) is 0 Å². The number of hydrogen-bond acceptors (Lipinski definition) is 6. The minimum Gasteiger partial charge on any atom is -0.474 e. The summed E-state index contributed by atoms with van der Waals surface area (Å²) in [5, 5.41) is 3.84. The molecule has 0 radical (unpaired) electrons. The Bertz CT molecular complexity index is 799. The van der Waals surface area contributed by atoms with Gasteiger partial charge in [-0.25, -0.2) is 0 Å². The quantitative estimate of drug-likeness (QED) is 0.814. The van der Waals surface area contributed by atoms with Crippen LogP contribution in [0.25, 0.3) is 10.9 Å². The zero-order valence-electron chi connectivity index (χ0n) is 15.7. The summed E-state index contributed by atoms with van der Waals surface area (Å²) in [5.41, 5.74) is 2.00. The molecule has 1 aliphatic carbocycles. The lowest BCUT2D eigenvalue weighted by Gasteiger charge is -2.30. The molecule has 3 heterocycles. The van der Waals surface area contributed by atoms with E-state index in [1.165, 1.54) is 0 Å². The van der Waals surface area contributed by atoms with E-state index in [4.69, 9.17) is 14.5 Å². The monoisotopic (exact) mass is 370 g/mol. The van der Waals surface area contributed by atoms with Gasteiger partial charge in [0.15, 0.2) is 0 Å². The van der Waals surface area contributed by atoms with Gasteiger partial charge >= 0.3 is 0 Å². The van der Waals surface area contributed by atoms with Gasteiger partial charge in [0.1, 0.15) is 11.9 Å². The summed E-state index contributed by atoms with van der Waals surface area (Å²) in [6.07, 6.45) is 6.48. The Balaban J connectivity index is 1.59. The summed E-state index contributed by atoms with van der Waals surface area (Å²) >= 11 is 0. The van der Waals surface area contributed by atoms with E-state index < -0.39 is 0 Å². The number of aromatic nitrogens is 2. The second kappa shape index (κ2) is 8.08. The van der Waals surface area contributed by atoms with Crippen LogP contribution in [0.2, 0.25) is 0 Å². The predicted octanol–water partition coefficient (Wildman–Crippen LogP) is 2.21. The Kier molecular flexibility index (Phi) is 5.38. The number of nitrogens with zero attached hydrogens (tertiary/aromatic N) is 3. The maximum Gasteiger partial charge on any atom is 0.225 e. The molecule has 1 N–H and O–H groups in total. The highest BCUT2D eigenvalue weighted by atomic mass is 16.5. The van der Waals surface area contributed by atoms with E-state index in [0.29, 0.717) is 19.1 Å². The van der Waals surface area contributed by atoms with E-state index >= 15 is 0 Å². The van der Waals surface area contributed by atoms with Gasteiger partial charge in [-0.2, -0.15) is 4.98 Å². The fourth-order valence-corrected chi connectivity index (χ4v) is 3.83. The molecule has 0 aromatic carbocycles. The van der Waals surface area contributed by atoms with E-state index in [1.54, 1.807) is 0 Å². The summed E-state index contributed by atoms with van der Waals surface area (Å²) in [7, 11) is 0. The highest BCUT2D eigenvalue weighted by Crippen LogP contribution is 2.31. The lowest BCUT2D eigenvalue weighted by atomic mass is 9.93. The summed E-state index contributed by atoms with van der Waals surface area (Å²) in [6, 6.07) is 4.39. The summed E-state index contributed by atoms with van der Waals surface area (Å²) in [4.78, 5) is 22.3. The minimum atomic E-state index is 0.117. The number of hydrogen-bond donors (Lipinski definition) is 1. The van der Waals surface area contributed by atoms with Gasteiger partial charge in [-0.3, -0.25) is 9.78 Å².